The second kappa shape index (κ2) is 8.60. The van der Waals surface area contributed by atoms with Gasteiger partial charge in [0.2, 0.25) is 0 Å². The Morgan fingerprint density at radius 1 is 1.03 bits per heavy atom. The van der Waals surface area contributed by atoms with Crippen molar-refractivity contribution in [3.63, 3.8) is 0 Å². The lowest BCUT2D eigenvalue weighted by Gasteiger charge is -2.34. The number of amides is 1. The molecule has 1 fully saturated rings. The molecule has 8 nitrogen and oxygen atoms in total. The highest BCUT2D eigenvalue weighted by molar-refractivity contribution is 5.93. The normalized spacial score (nSPS) is 15.9. The molecule has 1 saturated heterocycles. The van der Waals surface area contributed by atoms with Crippen LogP contribution >= 0.6 is 0 Å². The predicted molar refractivity (Wildman–Crippen MR) is 111 cm³/mol. The van der Waals surface area contributed by atoms with E-state index in [0.29, 0.717) is 43.3 Å². The largest absolute Gasteiger partial charge is 0.459 e. The van der Waals surface area contributed by atoms with Crippen molar-refractivity contribution in [3.05, 3.63) is 46.7 Å². The maximum absolute atomic E-state index is 14.1. The fourth-order valence-corrected chi connectivity index (χ4v) is 3.96. The van der Waals surface area contributed by atoms with Crippen molar-refractivity contribution in [2.75, 3.05) is 26.2 Å². The van der Waals surface area contributed by atoms with Crippen LogP contribution in [0.15, 0.2) is 18.3 Å². The average Bonchev–Trinajstić information content (AvgIpc) is 3.35. The van der Waals surface area contributed by atoms with E-state index in [0.717, 1.165) is 23.9 Å². The summed E-state index contributed by atoms with van der Waals surface area (Å²) in [7, 11) is 0. The van der Waals surface area contributed by atoms with Crippen LogP contribution in [0.2, 0.25) is 0 Å². The van der Waals surface area contributed by atoms with Crippen LogP contribution in [0.5, 0.6) is 0 Å². The molecule has 13 heteroatoms. The number of piperazine rings is 1. The summed E-state index contributed by atoms with van der Waals surface area (Å²) in [6.45, 7) is 8.58. The number of aromatic nitrogens is 5. The van der Waals surface area contributed by atoms with Gasteiger partial charge in [-0.05, 0) is 26.8 Å². The second-order valence-electron chi connectivity index (χ2n) is 8.32. The van der Waals surface area contributed by atoms with Crippen molar-refractivity contribution >= 4 is 11.6 Å². The third-order valence-corrected chi connectivity index (χ3v) is 5.88. The zero-order valence-electron chi connectivity index (χ0n) is 18.9. The van der Waals surface area contributed by atoms with Crippen molar-refractivity contribution in [3.8, 4) is 0 Å². The molecule has 1 amide bonds. The maximum atomic E-state index is 14.1. The molecule has 0 unspecified atom stereocenters. The summed E-state index contributed by atoms with van der Waals surface area (Å²) in [5, 5.41) is 8.21. The van der Waals surface area contributed by atoms with Crippen LogP contribution in [0.1, 0.15) is 40.1 Å². The average molecular weight is 485 g/mol. The molecule has 4 heterocycles. The van der Waals surface area contributed by atoms with Crippen molar-refractivity contribution in [2.45, 2.75) is 46.0 Å². The van der Waals surface area contributed by atoms with E-state index < -0.39 is 23.7 Å². The van der Waals surface area contributed by atoms with Gasteiger partial charge >= 0.3 is 12.1 Å². The first-order valence-corrected chi connectivity index (χ1v) is 10.8. The Hall–Kier alpha value is -3.09. The van der Waals surface area contributed by atoms with Crippen LogP contribution in [0.25, 0.3) is 5.65 Å². The number of rotatable bonds is 5. The highest BCUT2D eigenvalue weighted by atomic mass is 19.4. The van der Waals surface area contributed by atoms with Crippen LogP contribution in [0.4, 0.5) is 22.0 Å². The summed E-state index contributed by atoms with van der Waals surface area (Å²) in [5.74, 6) is -5.69. The molecule has 1 aliphatic heterocycles. The Bertz CT molecular complexity index is 1210. The number of fused-ring (bicyclic) bond motifs is 1. The lowest BCUT2D eigenvalue weighted by molar-refractivity contribution is -0.291. The molecule has 4 rings (SSSR count). The molecule has 0 bridgehead atoms. The van der Waals surface area contributed by atoms with Crippen LogP contribution in [0.3, 0.4) is 0 Å². The number of alkyl halides is 5. The van der Waals surface area contributed by atoms with Crippen LogP contribution in [-0.2, 0) is 19.0 Å². The van der Waals surface area contributed by atoms with E-state index in [-0.39, 0.29) is 17.0 Å². The molecule has 3 aromatic rings. The van der Waals surface area contributed by atoms with Gasteiger partial charge in [0.05, 0.1) is 5.69 Å². The summed E-state index contributed by atoms with van der Waals surface area (Å²) >= 11 is 0. The number of nitrogens with zero attached hydrogens (tertiary/aromatic N) is 7. The molecular weight excluding hydrogens is 461 g/mol. The first kappa shape index (κ1) is 24.0. The summed E-state index contributed by atoms with van der Waals surface area (Å²) in [6, 6.07) is 1.77. The van der Waals surface area contributed by atoms with Crippen molar-refractivity contribution < 1.29 is 26.7 Å². The molecule has 34 heavy (non-hydrogen) atoms. The predicted octanol–water partition coefficient (Wildman–Crippen LogP) is 3.17. The molecule has 0 aromatic carbocycles. The van der Waals surface area contributed by atoms with E-state index in [1.807, 2.05) is 24.7 Å². The van der Waals surface area contributed by atoms with E-state index in [4.69, 9.17) is 0 Å². The molecule has 0 radical (unpaired) electrons. The van der Waals surface area contributed by atoms with Gasteiger partial charge in [0.25, 0.3) is 5.91 Å². The minimum absolute atomic E-state index is 0.0411. The summed E-state index contributed by atoms with van der Waals surface area (Å²) in [6.07, 6.45) is -3.82. The zero-order chi connectivity index (χ0) is 24.8. The monoisotopic (exact) mass is 485 g/mol. The number of hydrogen-bond donors (Lipinski definition) is 0. The highest BCUT2D eigenvalue weighted by Crippen LogP contribution is 2.43. The standard InChI is InChI=1S/C21H24F5N7O/c1-4-32-12-15(14(3)28-32)11-30-5-7-31(8-6-30)19(34)16-10-18-27-13(2)9-17(33(18)29-16)20(22,23)21(24,25)26/h9-10,12H,4-8,11H2,1-3H3. The van der Waals surface area contributed by atoms with Gasteiger partial charge in [0, 0.05) is 62.8 Å². The van der Waals surface area contributed by atoms with E-state index >= 15 is 0 Å². The molecule has 0 N–H and O–H groups in total. The fraction of sp³-hybridized carbons (Fsp3) is 0.524. The van der Waals surface area contributed by atoms with Crippen molar-refractivity contribution in [1.29, 1.82) is 0 Å². The minimum atomic E-state index is -5.81. The van der Waals surface area contributed by atoms with Gasteiger partial charge < -0.3 is 4.90 Å². The van der Waals surface area contributed by atoms with Gasteiger partial charge in [-0.25, -0.2) is 9.50 Å². The van der Waals surface area contributed by atoms with Crippen molar-refractivity contribution in [1.82, 2.24) is 34.2 Å². The molecule has 1 aliphatic rings. The van der Waals surface area contributed by atoms with E-state index in [9.17, 15) is 26.7 Å². The molecule has 0 saturated carbocycles. The Morgan fingerprint density at radius 2 is 1.71 bits per heavy atom. The Labute approximate surface area is 192 Å². The molecule has 0 atom stereocenters. The molecular formula is C21H24F5N7O. The third kappa shape index (κ3) is 4.36. The van der Waals surface area contributed by atoms with E-state index in [1.54, 1.807) is 0 Å². The number of carbonyl (C=O) groups excluding carboxylic acids is 1. The Morgan fingerprint density at radius 3 is 2.29 bits per heavy atom. The van der Waals surface area contributed by atoms with Gasteiger partial charge in [-0.1, -0.05) is 0 Å². The number of hydrogen-bond acceptors (Lipinski definition) is 5. The summed E-state index contributed by atoms with van der Waals surface area (Å²) < 4.78 is 69.4. The molecule has 3 aromatic heterocycles. The lowest BCUT2D eigenvalue weighted by atomic mass is 10.2. The van der Waals surface area contributed by atoms with Gasteiger partial charge in [-0.3, -0.25) is 14.4 Å². The smallest absolute Gasteiger partial charge is 0.335 e. The van der Waals surface area contributed by atoms with Crippen LogP contribution in [0, 0.1) is 13.8 Å². The van der Waals surface area contributed by atoms with Gasteiger partial charge in [-0.2, -0.15) is 32.1 Å². The molecule has 0 spiro atoms. The van der Waals surface area contributed by atoms with Gasteiger partial charge in [0.1, 0.15) is 5.69 Å². The fourth-order valence-electron chi connectivity index (χ4n) is 3.96. The van der Waals surface area contributed by atoms with Gasteiger partial charge in [0.15, 0.2) is 11.3 Å². The number of aryl methyl sites for hydroxylation is 3. The third-order valence-electron chi connectivity index (χ3n) is 5.88. The van der Waals surface area contributed by atoms with Crippen LogP contribution < -0.4 is 0 Å². The van der Waals surface area contributed by atoms with Crippen molar-refractivity contribution in [2.24, 2.45) is 0 Å². The number of halogens is 5. The quantitative estimate of drug-likeness (QED) is 0.520. The zero-order valence-corrected chi connectivity index (χ0v) is 18.9. The lowest BCUT2D eigenvalue weighted by Crippen LogP contribution is -2.48. The Balaban J connectivity index is 1.50. The van der Waals surface area contributed by atoms with E-state index in [1.165, 1.54) is 11.8 Å². The molecule has 0 aliphatic carbocycles. The SMILES string of the molecule is CCn1cc(CN2CCN(C(=O)c3cc4nc(C)cc(C(F)(F)C(F)(F)F)n4n3)CC2)c(C)n1. The Kier molecular flexibility index (Phi) is 6.08. The van der Waals surface area contributed by atoms with Crippen LogP contribution in [-0.4, -0.2) is 72.4 Å². The first-order chi connectivity index (χ1) is 15.9. The van der Waals surface area contributed by atoms with E-state index in [2.05, 4.69) is 20.1 Å². The molecule has 184 valence electrons. The summed E-state index contributed by atoms with van der Waals surface area (Å²) in [5.41, 5.74) is 0.144. The first-order valence-electron chi connectivity index (χ1n) is 10.8. The van der Waals surface area contributed by atoms with Gasteiger partial charge in [-0.15, -0.1) is 0 Å². The highest BCUT2D eigenvalue weighted by Gasteiger charge is 2.60. The summed E-state index contributed by atoms with van der Waals surface area (Å²) in [4.78, 5) is 20.6. The minimum Gasteiger partial charge on any atom is -0.335 e. The second-order valence-corrected chi connectivity index (χ2v) is 8.32. The maximum Gasteiger partial charge on any atom is 0.459 e. The number of carbonyl (C=O) groups is 1. The topological polar surface area (TPSA) is 71.6 Å².